The molecule has 6 nitrogen and oxygen atoms in total. The summed E-state index contributed by atoms with van der Waals surface area (Å²) in [7, 11) is 6.75. The molecule has 0 aromatic rings. The van der Waals surface area contributed by atoms with Gasteiger partial charge in [-0.3, -0.25) is 14.4 Å². The minimum absolute atomic E-state index is 0.231. The molecular formula is C10H22N2O4. The van der Waals surface area contributed by atoms with E-state index in [2.05, 4.69) is 0 Å². The molecule has 0 fully saturated rings. The number of carbonyl (C=O) groups excluding carboxylic acids is 2. The number of hydrogen-bond donors (Lipinski definition) is 1. The van der Waals surface area contributed by atoms with Gasteiger partial charge in [-0.15, -0.1) is 0 Å². The second-order valence-corrected chi connectivity index (χ2v) is 3.63. The Hall–Kier alpha value is -1.59. The van der Waals surface area contributed by atoms with Gasteiger partial charge in [-0.05, 0) is 0 Å². The molecule has 0 bridgehead atoms. The van der Waals surface area contributed by atoms with Crippen molar-refractivity contribution in [2.45, 2.75) is 13.8 Å². The lowest BCUT2D eigenvalue weighted by Crippen LogP contribution is -2.06. The summed E-state index contributed by atoms with van der Waals surface area (Å²) in [5.74, 6) is -0.972. The molecular weight excluding hydrogens is 212 g/mol. The maximum Gasteiger partial charge on any atom is 0.305 e. The van der Waals surface area contributed by atoms with Gasteiger partial charge in [0, 0.05) is 28.2 Å². The number of hydrogen-bond acceptors (Lipinski definition) is 3. The summed E-state index contributed by atoms with van der Waals surface area (Å²) in [5.41, 5.74) is 0. The highest BCUT2D eigenvalue weighted by Gasteiger charge is 1.99. The number of carbonyl (C=O) groups is 3. The van der Waals surface area contributed by atoms with Crippen LogP contribution in [0.5, 0.6) is 0 Å². The summed E-state index contributed by atoms with van der Waals surface area (Å²) in [6.07, 6.45) is 1.50. The van der Waals surface area contributed by atoms with E-state index in [4.69, 9.17) is 5.11 Å². The van der Waals surface area contributed by atoms with Crippen LogP contribution in [0.2, 0.25) is 0 Å². The third-order valence-corrected chi connectivity index (χ3v) is 0.916. The van der Waals surface area contributed by atoms with Crippen molar-refractivity contribution in [3.05, 3.63) is 0 Å². The molecule has 0 saturated carbocycles. The van der Waals surface area contributed by atoms with Gasteiger partial charge in [-0.25, -0.2) is 0 Å². The fourth-order valence-electron chi connectivity index (χ4n) is 0. The summed E-state index contributed by atoms with van der Waals surface area (Å²) in [6, 6.07) is 0. The molecule has 0 saturated heterocycles. The van der Waals surface area contributed by atoms with Crippen molar-refractivity contribution >= 4 is 18.8 Å². The van der Waals surface area contributed by atoms with Crippen LogP contribution < -0.4 is 0 Å². The number of aliphatic carboxylic acids is 1. The Bertz CT molecular complexity index is 179. The number of amides is 2. The van der Waals surface area contributed by atoms with Crippen LogP contribution in [0.15, 0.2) is 0 Å². The summed E-state index contributed by atoms with van der Waals surface area (Å²) in [5, 5.41) is 7.99. The molecule has 0 atom stereocenters. The van der Waals surface area contributed by atoms with Crippen LogP contribution in [0, 0.1) is 5.92 Å². The lowest BCUT2D eigenvalue weighted by molar-refractivity contribution is -0.140. The molecule has 96 valence electrons. The van der Waals surface area contributed by atoms with E-state index in [1.165, 1.54) is 9.80 Å². The Labute approximate surface area is 96.8 Å². The Morgan fingerprint density at radius 3 is 1.12 bits per heavy atom. The average Bonchev–Trinajstić information content (AvgIpc) is 2.19. The Morgan fingerprint density at radius 1 is 1.00 bits per heavy atom. The van der Waals surface area contributed by atoms with Crippen LogP contribution in [-0.2, 0) is 14.4 Å². The minimum Gasteiger partial charge on any atom is -0.481 e. The van der Waals surface area contributed by atoms with E-state index in [0.717, 1.165) is 12.8 Å². The second kappa shape index (κ2) is 13.4. The summed E-state index contributed by atoms with van der Waals surface area (Å²) < 4.78 is 0. The topological polar surface area (TPSA) is 77.9 Å². The molecule has 0 radical (unpaired) electrons. The van der Waals surface area contributed by atoms with E-state index in [-0.39, 0.29) is 5.92 Å². The molecule has 0 aliphatic carbocycles. The largest absolute Gasteiger partial charge is 0.481 e. The summed E-state index contributed by atoms with van der Waals surface area (Å²) >= 11 is 0. The highest BCUT2D eigenvalue weighted by molar-refractivity contribution is 5.68. The van der Waals surface area contributed by atoms with Crippen molar-refractivity contribution < 1.29 is 19.5 Å². The normalized spacial score (nSPS) is 7.69. The van der Waals surface area contributed by atoms with E-state index in [1.54, 1.807) is 42.0 Å². The predicted octanol–water partition coefficient (Wildman–Crippen LogP) is 0.136. The van der Waals surface area contributed by atoms with Crippen LogP contribution >= 0.6 is 0 Å². The summed E-state index contributed by atoms with van der Waals surface area (Å²) in [6.45, 7) is 3.28. The molecule has 0 aromatic carbocycles. The van der Waals surface area contributed by atoms with E-state index in [9.17, 15) is 14.4 Å². The van der Waals surface area contributed by atoms with Crippen molar-refractivity contribution in [1.82, 2.24) is 9.80 Å². The third kappa shape index (κ3) is 39.3. The zero-order valence-corrected chi connectivity index (χ0v) is 10.8. The minimum atomic E-state index is -0.741. The van der Waals surface area contributed by atoms with Crippen LogP contribution in [-0.4, -0.2) is 61.9 Å². The quantitative estimate of drug-likeness (QED) is 0.704. The lowest BCUT2D eigenvalue weighted by atomic mass is 10.2. The molecule has 16 heavy (non-hydrogen) atoms. The number of rotatable bonds is 3. The smallest absolute Gasteiger partial charge is 0.305 e. The molecule has 0 rings (SSSR count). The van der Waals surface area contributed by atoms with Gasteiger partial charge in [0.15, 0.2) is 0 Å². The molecule has 1 N–H and O–H groups in total. The van der Waals surface area contributed by atoms with Crippen molar-refractivity contribution in [3.63, 3.8) is 0 Å². The Morgan fingerprint density at radius 2 is 1.12 bits per heavy atom. The zero-order chi connectivity index (χ0) is 13.7. The third-order valence-electron chi connectivity index (χ3n) is 0.916. The Balaban J connectivity index is -0.000000160. The first-order valence-electron chi connectivity index (χ1n) is 4.65. The first kappa shape index (κ1) is 19.9. The van der Waals surface area contributed by atoms with Gasteiger partial charge in [-0.2, -0.15) is 0 Å². The van der Waals surface area contributed by atoms with Gasteiger partial charge in [0.25, 0.3) is 0 Å². The molecule has 0 aliphatic rings. The molecule has 0 unspecified atom stereocenters. The highest BCUT2D eigenvalue weighted by Crippen LogP contribution is 1.87. The van der Waals surface area contributed by atoms with Gasteiger partial charge in [0.2, 0.25) is 12.8 Å². The van der Waals surface area contributed by atoms with Gasteiger partial charge < -0.3 is 14.9 Å². The molecule has 2 amide bonds. The zero-order valence-electron chi connectivity index (χ0n) is 10.8. The van der Waals surface area contributed by atoms with Gasteiger partial charge in [0.1, 0.15) is 0 Å². The van der Waals surface area contributed by atoms with E-state index in [1.807, 2.05) is 0 Å². The van der Waals surface area contributed by atoms with Crippen molar-refractivity contribution in [2.24, 2.45) is 5.92 Å². The lowest BCUT2D eigenvalue weighted by Gasteiger charge is -1.93. The van der Waals surface area contributed by atoms with E-state index >= 15 is 0 Å². The SMILES string of the molecule is CC(C)C(=O)O.CN(C)C=O.CN(C)C=O. The second-order valence-electron chi connectivity index (χ2n) is 3.63. The van der Waals surface area contributed by atoms with Crippen molar-refractivity contribution in [3.8, 4) is 0 Å². The fraction of sp³-hybridized carbons (Fsp3) is 0.700. The molecule has 0 aromatic heterocycles. The maximum atomic E-state index is 9.70. The molecule has 6 heteroatoms. The van der Waals surface area contributed by atoms with Crippen LogP contribution in [0.1, 0.15) is 13.8 Å². The van der Waals surface area contributed by atoms with Crippen molar-refractivity contribution in [1.29, 1.82) is 0 Å². The maximum absolute atomic E-state index is 9.70. The van der Waals surface area contributed by atoms with E-state index < -0.39 is 5.97 Å². The average molecular weight is 234 g/mol. The van der Waals surface area contributed by atoms with Gasteiger partial charge in [0.05, 0.1) is 5.92 Å². The molecule has 0 heterocycles. The molecule has 0 spiro atoms. The van der Waals surface area contributed by atoms with Crippen LogP contribution in [0.25, 0.3) is 0 Å². The monoisotopic (exact) mass is 234 g/mol. The highest BCUT2D eigenvalue weighted by atomic mass is 16.4. The summed E-state index contributed by atoms with van der Waals surface area (Å²) in [4.78, 5) is 31.4. The standard InChI is InChI=1S/C4H8O2.2C3H7NO/c1-3(2)4(5)6;2*1-4(2)3-5/h3H,1-2H3,(H,5,6);2*3H,1-2H3. The predicted molar refractivity (Wildman–Crippen MR) is 62.0 cm³/mol. The van der Waals surface area contributed by atoms with Crippen LogP contribution in [0.4, 0.5) is 0 Å². The molecule has 0 aliphatic heterocycles. The number of nitrogens with zero attached hydrogens (tertiary/aromatic N) is 2. The first-order chi connectivity index (χ1) is 7.18. The number of carboxylic acids is 1. The number of carboxylic acid groups (broad SMARTS) is 1. The first-order valence-corrected chi connectivity index (χ1v) is 4.65. The van der Waals surface area contributed by atoms with E-state index in [0.29, 0.717) is 0 Å². The van der Waals surface area contributed by atoms with Gasteiger partial charge in [-0.1, -0.05) is 13.8 Å². The fourth-order valence-corrected chi connectivity index (χ4v) is 0. The van der Waals surface area contributed by atoms with Crippen LogP contribution in [0.3, 0.4) is 0 Å². The van der Waals surface area contributed by atoms with Crippen molar-refractivity contribution in [2.75, 3.05) is 28.2 Å². The Kier molecular flexibility index (Phi) is 16.7. The van der Waals surface area contributed by atoms with Gasteiger partial charge >= 0.3 is 5.97 Å².